The summed E-state index contributed by atoms with van der Waals surface area (Å²) in [6, 6.07) is 13.2. The molecule has 0 saturated carbocycles. The molecule has 3 aromatic rings. The Bertz CT molecular complexity index is 1020. The molecule has 1 aromatic heterocycles. The zero-order valence-corrected chi connectivity index (χ0v) is 16.7. The first-order valence-corrected chi connectivity index (χ1v) is 10.2. The van der Waals surface area contributed by atoms with Crippen molar-refractivity contribution in [1.29, 1.82) is 0 Å². The van der Waals surface area contributed by atoms with Crippen molar-refractivity contribution in [2.75, 3.05) is 30.1 Å². The second-order valence-corrected chi connectivity index (χ2v) is 7.53. The summed E-state index contributed by atoms with van der Waals surface area (Å²) in [4.78, 5) is 12.3. The van der Waals surface area contributed by atoms with Gasteiger partial charge < -0.3 is 20.6 Å². The standard InChI is InChI=1S/C20H21N5O3S/c1-13-3-5-14(6-4-13)19-23-24-20(25(19)21)29-12-18(26)22-15-7-8-16-17(11-15)28-10-2-9-27-16/h3-8,11H,2,9-10,12,21H2,1H3,(H,22,26). The van der Waals surface area contributed by atoms with Crippen molar-refractivity contribution in [2.45, 2.75) is 18.5 Å². The van der Waals surface area contributed by atoms with Crippen LogP contribution in [0.3, 0.4) is 0 Å². The summed E-state index contributed by atoms with van der Waals surface area (Å²) in [6.45, 7) is 3.23. The smallest absolute Gasteiger partial charge is 0.234 e. The van der Waals surface area contributed by atoms with Gasteiger partial charge in [0.05, 0.1) is 19.0 Å². The molecule has 2 heterocycles. The average molecular weight is 411 g/mol. The topological polar surface area (TPSA) is 104 Å². The molecule has 0 aliphatic carbocycles. The first-order valence-electron chi connectivity index (χ1n) is 9.20. The summed E-state index contributed by atoms with van der Waals surface area (Å²) >= 11 is 1.22. The van der Waals surface area contributed by atoms with Gasteiger partial charge in [0, 0.05) is 23.7 Å². The number of ether oxygens (including phenoxy) is 2. The number of nitrogen functional groups attached to an aromatic ring is 1. The SMILES string of the molecule is Cc1ccc(-c2nnc(SCC(=O)Nc3ccc4c(c3)OCCCO4)n2N)cc1. The third kappa shape index (κ3) is 4.45. The third-order valence-electron chi connectivity index (χ3n) is 4.34. The monoisotopic (exact) mass is 411 g/mol. The van der Waals surface area contributed by atoms with Gasteiger partial charge in [-0.15, -0.1) is 10.2 Å². The molecule has 8 nitrogen and oxygen atoms in total. The number of benzene rings is 2. The normalized spacial score (nSPS) is 13.0. The predicted molar refractivity (Wildman–Crippen MR) is 112 cm³/mol. The molecule has 4 rings (SSSR count). The van der Waals surface area contributed by atoms with E-state index in [4.69, 9.17) is 15.3 Å². The number of carbonyl (C=O) groups is 1. The Labute approximate surface area is 172 Å². The number of hydrogen-bond acceptors (Lipinski definition) is 7. The summed E-state index contributed by atoms with van der Waals surface area (Å²) in [5, 5.41) is 11.6. The minimum absolute atomic E-state index is 0.150. The van der Waals surface area contributed by atoms with E-state index in [0.29, 0.717) is 41.4 Å². The Hall–Kier alpha value is -3.20. The lowest BCUT2D eigenvalue weighted by molar-refractivity contribution is -0.113. The van der Waals surface area contributed by atoms with Crippen LogP contribution in [0.15, 0.2) is 47.6 Å². The largest absolute Gasteiger partial charge is 0.490 e. The molecular formula is C20H21N5O3S. The van der Waals surface area contributed by atoms with E-state index in [1.54, 1.807) is 18.2 Å². The summed E-state index contributed by atoms with van der Waals surface area (Å²) < 4.78 is 12.6. The highest BCUT2D eigenvalue weighted by Gasteiger charge is 2.15. The van der Waals surface area contributed by atoms with E-state index in [1.807, 2.05) is 31.2 Å². The molecule has 29 heavy (non-hydrogen) atoms. The van der Waals surface area contributed by atoms with Crippen LogP contribution in [0.4, 0.5) is 5.69 Å². The number of carbonyl (C=O) groups excluding carboxylic acids is 1. The van der Waals surface area contributed by atoms with E-state index in [0.717, 1.165) is 17.5 Å². The minimum Gasteiger partial charge on any atom is -0.490 e. The molecule has 1 aliphatic heterocycles. The molecule has 0 spiro atoms. The Morgan fingerprint density at radius 1 is 1.14 bits per heavy atom. The molecule has 2 aromatic carbocycles. The van der Waals surface area contributed by atoms with Gasteiger partial charge in [0.15, 0.2) is 17.3 Å². The van der Waals surface area contributed by atoms with Crippen LogP contribution in [0.2, 0.25) is 0 Å². The third-order valence-corrected chi connectivity index (χ3v) is 5.28. The number of aromatic nitrogens is 3. The molecule has 1 aliphatic rings. The van der Waals surface area contributed by atoms with Crippen molar-refractivity contribution in [3.8, 4) is 22.9 Å². The van der Waals surface area contributed by atoms with Crippen molar-refractivity contribution >= 4 is 23.4 Å². The van der Waals surface area contributed by atoms with E-state index in [9.17, 15) is 4.79 Å². The van der Waals surface area contributed by atoms with Crippen molar-refractivity contribution < 1.29 is 14.3 Å². The molecular weight excluding hydrogens is 390 g/mol. The Balaban J connectivity index is 1.38. The number of anilines is 1. The predicted octanol–water partition coefficient (Wildman–Crippen LogP) is 2.86. The lowest BCUT2D eigenvalue weighted by Crippen LogP contribution is -2.16. The van der Waals surface area contributed by atoms with Crippen LogP contribution in [0, 0.1) is 6.92 Å². The molecule has 3 N–H and O–H groups in total. The second kappa shape index (κ2) is 8.44. The molecule has 150 valence electrons. The van der Waals surface area contributed by atoms with Crippen LogP contribution in [-0.4, -0.2) is 39.7 Å². The maximum Gasteiger partial charge on any atom is 0.234 e. The van der Waals surface area contributed by atoms with Crippen LogP contribution in [0.1, 0.15) is 12.0 Å². The average Bonchev–Trinajstić information content (AvgIpc) is 2.93. The Morgan fingerprint density at radius 2 is 1.90 bits per heavy atom. The maximum absolute atomic E-state index is 12.3. The first kappa shape index (κ1) is 19.1. The number of amides is 1. The van der Waals surface area contributed by atoms with Crippen LogP contribution in [0.25, 0.3) is 11.4 Å². The molecule has 0 fully saturated rings. The number of fused-ring (bicyclic) bond motifs is 1. The van der Waals surface area contributed by atoms with Crippen LogP contribution in [-0.2, 0) is 4.79 Å². The summed E-state index contributed by atoms with van der Waals surface area (Å²) in [6.07, 6.45) is 0.831. The molecule has 1 amide bonds. The number of hydrogen-bond donors (Lipinski definition) is 2. The zero-order chi connectivity index (χ0) is 20.2. The van der Waals surface area contributed by atoms with Gasteiger partial charge in [-0.1, -0.05) is 41.6 Å². The van der Waals surface area contributed by atoms with Gasteiger partial charge in [-0.25, -0.2) is 4.68 Å². The number of nitrogens with two attached hydrogens (primary N) is 1. The Morgan fingerprint density at radius 3 is 2.69 bits per heavy atom. The van der Waals surface area contributed by atoms with Gasteiger partial charge >= 0.3 is 0 Å². The number of thioether (sulfide) groups is 1. The van der Waals surface area contributed by atoms with Gasteiger partial charge in [0.1, 0.15) is 0 Å². The van der Waals surface area contributed by atoms with Crippen molar-refractivity contribution in [2.24, 2.45) is 0 Å². The van der Waals surface area contributed by atoms with E-state index >= 15 is 0 Å². The highest BCUT2D eigenvalue weighted by molar-refractivity contribution is 7.99. The molecule has 0 bridgehead atoms. The quantitative estimate of drug-likeness (QED) is 0.491. The van der Waals surface area contributed by atoms with E-state index < -0.39 is 0 Å². The van der Waals surface area contributed by atoms with Crippen LogP contribution < -0.4 is 20.6 Å². The van der Waals surface area contributed by atoms with Gasteiger partial charge in [-0.3, -0.25) is 4.79 Å². The molecule has 0 unspecified atom stereocenters. The first-order chi connectivity index (χ1) is 14.1. The number of rotatable bonds is 5. The van der Waals surface area contributed by atoms with E-state index in [1.165, 1.54) is 16.4 Å². The van der Waals surface area contributed by atoms with Crippen LogP contribution >= 0.6 is 11.8 Å². The van der Waals surface area contributed by atoms with E-state index in [-0.39, 0.29) is 11.7 Å². The Kier molecular flexibility index (Phi) is 5.57. The van der Waals surface area contributed by atoms with Crippen molar-refractivity contribution in [3.05, 3.63) is 48.0 Å². The van der Waals surface area contributed by atoms with Gasteiger partial charge in [-0.05, 0) is 19.1 Å². The molecule has 0 radical (unpaired) electrons. The molecule has 0 saturated heterocycles. The number of nitrogens with zero attached hydrogens (tertiary/aromatic N) is 3. The maximum atomic E-state index is 12.3. The number of aryl methyl sites for hydroxylation is 1. The second-order valence-electron chi connectivity index (χ2n) is 6.59. The van der Waals surface area contributed by atoms with Crippen molar-refractivity contribution in [1.82, 2.24) is 14.9 Å². The zero-order valence-electron chi connectivity index (χ0n) is 15.9. The fraction of sp³-hybridized carbons (Fsp3) is 0.250. The highest BCUT2D eigenvalue weighted by atomic mass is 32.2. The summed E-state index contributed by atoms with van der Waals surface area (Å²) in [5.74, 6) is 7.96. The highest BCUT2D eigenvalue weighted by Crippen LogP contribution is 2.32. The molecule has 0 atom stereocenters. The van der Waals surface area contributed by atoms with Gasteiger partial charge in [0.25, 0.3) is 0 Å². The van der Waals surface area contributed by atoms with Crippen LogP contribution in [0.5, 0.6) is 11.5 Å². The van der Waals surface area contributed by atoms with Gasteiger partial charge in [0.2, 0.25) is 11.1 Å². The fourth-order valence-corrected chi connectivity index (χ4v) is 3.50. The molecule has 9 heteroatoms. The van der Waals surface area contributed by atoms with Gasteiger partial charge in [-0.2, -0.15) is 0 Å². The lowest BCUT2D eigenvalue weighted by atomic mass is 10.1. The fourth-order valence-electron chi connectivity index (χ4n) is 2.84. The number of nitrogens with one attached hydrogen (secondary N) is 1. The minimum atomic E-state index is -0.177. The van der Waals surface area contributed by atoms with Crippen molar-refractivity contribution in [3.63, 3.8) is 0 Å². The summed E-state index contributed by atoms with van der Waals surface area (Å²) in [7, 11) is 0. The summed E-state index contributed by atoms with van der Waals surface area (Å²) in [5.41, 5.74) is 2.67. The lowest BCUT2D eigenvalue weighted by Gasteiger charge is -2.10. The van der Waals surface area contributed by atoms with E-state index in [2.05, 4.69) is 15.5 Å².